The van der Waals surface area contributed by atoms with Crippen molar-refractivity contribution in [3.63, 3.8) is 0 Å². The van der Waals surface area contributed by atoms with Crippen LogP contribution >= 0.6 is 0 Å². The fourth-order valence-corrected chi connectivity index (χ4v) is 2.68. The molecular formula is C20H28N4O. The normalized spacial score (nSPS) is 10.8. The minimum Gasteiger partial charge on any atom is -0.384 e. The zero-order chi connectivity index (χ0) is 18.2. The van der Waals surface area contributed by atoms with Crippen molar-refractivity contribution < 1.29 is 4.79 Å². The first kappa shape index (κ1) is 18.9. The van der Waals surface area contributed by atoms with Gasteiger partial charge in [-0.3, -0.25) is 9.78 Å². The summed E-state index contributed by atoms with van der Waals surface area (Å²) in [6, 6.07) is 7.92. The third-order valence-electron chi connectivity index (χ3n) is 4.09. The molecule has 1 amide bonds. The lowest BCUT2D eigenvalue weighted by atomic mass is 10.1. The Labute approximate surface area is 150 Å². The topological polar surface area (TPSA) is 57.3 Å². The van der Waals surface area contributed by atoms with E-state index in [4.69, 9.17) is 0 Å². The van der Waals surface area contributed by atoms with Crippen molar-refractivity contribution >= 4 is 17.3 Å². The van der Waals surface area contributed by atoms with Crippen LogP contribution in [0.5, 0.6) is 0 Å². The average molecular weight is 340 g/mol. The van der Waals surface area contributed by atoms with Crippen LogP contribution in [0.3, 0.4) is 0 Å². The maximum atomic E-state index is 12.6. The van der Waals surface area contributed by atoms with Gasteiger partial charge in [-0.15, -0.1) is 0 Å². The minimum atomic E-state index is -0.131. The number of benzene rings is 1. The second-order valence-electron chi connectivity index (χ2n) is 6.46. The van der Waals surface area contributed by atoms with Gasteiger partial charge in [-0.2, -0.15) is 0 Å². The first-order chi connectivity index (χ1) is 12.0. The molecule has 1 heterocycles. The summed E-state index contributed by atoms with van der Waals surface area (Å²) in [5, 5.41) is 6.37. The monoisotopic (exact) mass is 340 g/mol. The maximum Gasteiger partial charge on any atom is 0.257 e. The Bertz CT molecular complexity index is 713. The van der Waals surface area contributed by atoms with Crippen LogP contribution in [0.2, 0.25) is 0 Å². The predicted molar refractivity (Wildman–Crippen MR) is 104 cm³/mol. The Kier molecular flexibility index (Phi) is 6.95. The molecule has 1 aromatic heterocycles. The van der Waals surface area contributed by atoms with Crippen LogP contribution in [-0.2, 0) is 6.42 Å². The van der Waals surface area contributed by atoms with E-state index in [9.17, 15) is 4.79 Å². The summed E-state index contributed by atoms with van der Waals surface area (Å²) < 4.78 is 0. The van der Waals surface area contributed by atoms with Crippen molar-refractivity contribution in [1.29, 1.82) is 0 Å². The molecule has 0 atom stereocenters. The van der Waals surface area contributed by atoms with E-state index in [1.54, 1.807) is 12.4 Å². The molecular weight excluding hydrogens is 312 g/mol. The number of hydrogen-bond acceptors (Lipinski definition) is 4. The lowest BCUT2D eigenvalue weighted by Crippen LogP contribution is -2.17. The number of nitrogens with one attached hydrogen (secondary N) is 2. The molecule has 0 aliphatic carbocycles. The Balaban J connectivity index is 2.04. The van der Waals surface area contributed by atoms with Crippen molar-refractivity contribution in [3.8, 4) is 0 Å². The molecule has 5 heteroatoms. The summed E-state index contributed by atoms with van der Waals surface area (Å²) in [5.74, 6) is -0.131. The lowest BCUT2D eigenvalue weighted by Gasteiger charge is -2.14. The number of aryl methyl sites for hydroxylation is 2. The number of carbonyl (C=O) groups excluding carboxylic acids is 1. The van der Waals surface area contributed by atoms with E-state index < -0.39 is 0 Å². The quantitative estimate of drug-likeness (QED) is 0.721. The average Bonchev–Trinajstić information content (AvgIpc) is 2.60. The van der Waals surface area contributed by atoms with Crippen LogP contribution in [0.15, 0.2) is 36.7 Å². The molecule has 0 spiro atoms. The third kappa shape index (κ3) is 5.57. The fraction of sp³-hybridized carbons (Fsp3) is 0.400. The molecule has 0 aliphatic heterocycles. The molecule has 2 N–H and O–H groups in total. The highest BCUT2D eigenvalue weighted by Gasteiger charge is 2.11. The Morgan fingerprint density at radius 2 is 2.04 bits per heavy atom. The molecule has 0 unspecified atom stereocenters. The summed E-state index contributed by atoms with van der Waals surface area (Å²) >= 11 is 0. The predicted octanol–water partition coefficient (Wildman–Crippen LogP) is 3.57. The van der Waals surface area contributed by atoms with Gasteiger partial charge in [-0.1, -0.05) is 25.1 Å². The van der Waals surface area contributed by atoms with Gasteiger partial charge in [0.1, 0.15) is 0 Å². The van der Waals surface area contributed by atoms with Gasteiger partial charge in [0, 0.05) is 24.6 Å². The van der Waals surface area contributed by atoms with Crippen LogP contribution in [0.1, 0.15) is 34.8 Å². The van der Waals surface area contributed by atoms with Gasteiger partial charge in [-0.05, 0) is 57.6 Å². The number of amides is 1. The number of aromatic nitrogens is 1. The Morgan fingerprint density at radius 1 is 1.24 bits per heavy atom. The van der Waals surface area contributed by atoms with Gasteiger partial charge in [0.05, 0.1) is 11.3 Å². The van der Waals surface area contributed by atoms with Crippen molar-refractivity contribution in [2.24, 2.45) is 0 Å². The molecule has 134 valence electrons. The van der Waals surface area contributed by atoms with Gasteiger partial charge >= 0.3 is 0 Å². The summed E-state index contributed by atoms with van der Waals surface area (Å²) in [6.07, 6.45) is 5.26. The van der Waals surface area contributed by atoms with Gasteiger partial charge in [0.25, 0.3) is 5.91 Å². The van der Waals surface area contributed by atoms with E-state index in [-0.39, 0.29) is 5.91 Å². The number of para-hydroxylation sites is 1. The summed E-state index contributed by atoms with van der Waals surface area (Å²) in [6.45, 7) is 5.97. The molecule has 25 heavy (non-hydrogen) atoms. The maximum absolute atomic E-state index is 12.6. The van der Waals surface area contributed by atoms with E-state index in [0.29, 0.717) is 5.56 Å². The number of anilines is 2. The first-order valence-electron chi connectivity index (χ1n) is 8.74. The lowest BCUT2D eigenvalue weighted by molar-refractivity contribution is 0.102. The second kappa shape index (κ2) is 9.18. The molecule has 0 fully saturated rings. The van der Waals surface area contributed by atoms with E-state index >= 15 is 0 Å². The third-order valence-corrected chi connectivity index (χ3v) is 4.09. The highest BCUT2D eigenvalue weighted by molar-refractivity contribution is 6.05. The standard InChI is InChI=1S/C20H28N4O/c1-5-16-9-6-8-15(2)19(16)23-20(25)17-12-18(14-21-13-17)22-10-7-11-24(3)4/h6,8-9,12-14,22H,5,7,10-11H2,1-4H3,(H,23,25). The van der Waals surface area contributed by atoms with Gasteiger partial charge in [-0.25, -0.2) is 0 Å². The van der Waals surface area contributed by atoms with Crippen molar-refractivity contribution in [1.82, 2.24) is 9.88 Å². The number of hydrogen-bond donors (Lipinski definition) is 2. The number of pyridine rings is 1. The molecule has 2 rings (SSSR count). The van der Waals surface area contributed by atoms with Gasteiger partial charge < -0.3 is 15.5 Å². The molecule has 0 radical (unpaired) electrons. The van der Waals surface area contributed by atoms with E-state index in [0.717, 1.165) is 48.4 Å². The van der Waals surface area contributed by atoms with Crippen LogP contribution in [-0.4, -0.2) is 43.0 Å². The molecule has 0 saturated heterocycles. The first-order valence-corrected chi connectivity index (χ1v) is 8.74. The van der Waals surface area contributed by atoms with Crippen LogP contribution in [0.25, 0.3) is 0 Å². The van der Waals surface area contributed by atoms with Crippen LogP contribution in [0, 0.1) is 6.92 Å². The molecule has 1 aromatic carbocycles. The summed E-state index contributed by atoms with van der Waals surface area (Å²) in [4.78, 5) is 19.0. The van der Waals surface area contributed by atoms with E-state index in [1.807, 2.05) is 31.2 Å². The van der Waals surface area contributed by atoms with E-state index in [1.165, 1.54) is 0 Å². The number of carbonyl (C=O) groups is 1. The Hall–Kier alpha value is -2.40. The Morgan fingerprint density at radius 3 is 2.76 bits per heavy atom. The largest absolute Gasteiger partial charge is 0.384 e. The molecule has 0 aliphatic rings. The highest BCUT2D eigenvalue weighted by atomic mass is 16.1. The fourth-order valence-electron chi connectivity index (χ4n) is 2.68. The smallest absolute Gasteiger partial charge is 0.257 e. The van der Waals surface area contributed by atoms with Crippen molar-refractivity contribution in [2.75, 3.05) is 37.8 Å². The minimum absolute atomic E-state index is 0.131. The zero-order valence-electron chi connectivity index (χ0n) is 15.6. The van der Waals surface area contributed by atoms with E-state index in [2.05, 4.69) is 41.5 Å². The highest BCUT2D eigenvalue weighted by Crippen LogP contribution is 2.22. The number of nitrogens with zero attached hydrogens (tertiary/aromatic N) is 2. The molecule has 0 bridgehead atoms. The number of rotatable bonds is 8. The molecule has 0 saturated carbocycles. The van der Waals surface area contributed by atoms with Crippen LogP contribution in [0.4, 0.5) is 11.4 Å². The van der Waals surface area contributed by atoms with Crippen molar-refractivity contribution in [3.05, 3.63) is 53.3 Å². The second-order valence-corrected chi connectivity index (χ2v) is 6.46. The summed E-state index contributed by atoms with van der Waals surface area (Å²) in [5.41, 5.74) is 4.53. The molecule has 2 aromatic rings. The SMILES string of the molecule is CCc1cccc(C)c1NC(=O)c1cncc(NCCCN(C)C)c1. The van der Waals surface area contributed by atoms with Gasteiger partial charge in [0.2, 0.25) is 0 Å². The summed E-state index contributed by atoms with van der Waals surface area (Å²) in [7, 11) is 4.12. The molecule has 5 nitrogen and oxygen atoms in total. The van der Waals surface area contributed by atoms with Crippen molar-refractivity contribution in [2.45, 2.75) is 26.7 Å². The zero-order valence-corrected chi connectivity index (χ0v) is 15.6. The van der Waals surface area contributed by atoms with Gasteiger partial charge in [0.15, 0.2) is 0 Å². The van der Waals surface area contributed by atoms with Crippen LogP contribution < -0.4 is 10.6 Å².